The minimum Gasteiger partial charge on any atom is -0.246 e. The zero-order chi connectivity index (χ0) is 14.2. The highest BCUT2D eigenvalue weighted by atomic mass is 79.9. The van der Waals surface area contributed by atoms with Crippen LogP contribution in [-0.4, -0.2) is 15.0 Å². The highest BCUT2D eigenvalue weighted by molar-refractivity contribution is 9.10. The van der Waals surface area contributed by atoms with Crippen LogP contribution in [0.3, 0.4) is 0 Å². The number of rotatable bonds is 2. The average Bonchev–Trinajstić information content (AvgIpc) is 2.67. The van der Waals surface area contributed by atoms with Crippen molar-refractivity contribution in [1.29, 1.82) is 0 Å². The van der Waals surface area contributed by atoms with Crippen LogP contribution in [0.15, 0.2) is 9.85 Å². The highest BCUT2D eigenvalue weighted by Crippen LogP contribution is 2.32. The molecule has 0 saturated carbocycles. The van der Waals surface area contributed by atoms with Crippen molar-refractivity contribution < 1.29 is 0 Å². The molecule has 0 unspecified atom stereocenters. The molecule has 0 radical (unpaired) electrons. The van der Waals surface area contributed by atoms with Gasteiger partial charge in [-0.25, -0.2) is 15.0 Å². The molecule has 0 fully saturated rings. The molecule has 102 valence electrons. The summed E-state index contributed by atoms with van der Waals surface area (Å²) in [5.41, 5.74) is 1.87. The molecule has 6 heteroatoms. The molecular formula is C13H15BrClN3S. The molecule has 19 heavy (non-hydrogen) atoms. The standard InChI is InChI=1S/C13H15BrClN3S/c1-7-6-19-9(16-7)5-8-17-11(13(2,3)4)10(14)12(15)18-8/h6H,5H2,1-4H3. The van der Waals surface area contributed by atoms with Crippen molar-refractivity contribution in [3.63, 3.8) is 0 Å². The van der Waals surface area contributed by atoms with E-state index in [2.05, 4.69) is 51.7 Å². The Balaban J connectivity index is 2.39. The van der Waals surface area contributed by atoms with E-state index in [0.29, 0.717) is 17.4 Å². The Morgan fingerprint density at radius 3 is 2.47 bits per heavy atom. The maximum atomic E-state index is 6.18. The predicted octanol–water partition coefficient (Wildman–Crippen LogP) is 4.55. The molecule has 2 aromatic rings. The molecule has 2 aromatic heterocycles. The summed E-state index contributed by atoms with van der Waals surface area (Å²) in [5, 5.41) is 3.50. The van der Waals surface area contributed by atoms with Gasteiger partial charge in [0.15, 0.2) is 0 Å². The van der Waals surface area contributed by atoms with Gasteiger partial charge in [0.2, 0.25) is 0 Å². The number of aromatic nitrogens is 3. The zero-order valence-electron chi connectivity index (χ0n) is 11.3. The highest BCUT2D eigenvalue weighted by Gasteiger charge is 2.22. The molecule has 0 bridgehead atoms. The number of nitrogens with zero attached hydrogens (tertiary/aromatic N) is 3. The fourth-order valence-corrected chi connectivity index (χ4v) is 3.39. The summed E-state index contributed by atoms with van der Waals surface area (Å²) >= 11 is 11.3. The lowest BCUT2D eigenvalue weighted by atomic mass is 9.92. The van der Waals surface area contributed by atoms with Gasteiger partial charge in [-0.15, -0.1) is 11.3 Å². The van der Waals surface area contributed by atoms with Crippen LogP contribution in [0.4, 0.5) is 0 Å². The quantitative estimate of drug-likeness (QED) is 0.738. The van der Waals surface area contributed by atoms with Crippen LogP contribution in [0, 0.1) is 6.92 Å². The van der Waals surface area contributed by atoms with Crippen molar-refractivity contribution in [2.75, 3.05) is 0 Å². The fraction of sp³-hybridized carbons (Fsp3) is 0.462. The summed E-state index contributed by atoms with van der Waals surface area (Å²) in [6.07, 6.45) is 0.620. The number of halogens is 2. The van der Waals surface area contributed by atoms with Gasteiger partial charge in [-0.3, -0.25) is 0 Å². The maximum Gasteiger partial charge on any atom is 0.147 e. The molecule has 0 atom stereocenters. The van der Waals surface area contributed by atoms with Crippen LogP contribution < -0.4 is 0 Å². The van der Waals surface area contributed by atoms with E-state index in [0.717, 1.165) is 20.9 Å². The molecule has 0 saturated heterocycles. The van der Waals surface area contributed by atoms with Gasteiger partial charge in [0.1, 0.15) is 16.0 Å². The lowest BCUT2D eigenvalue weighted by Gasteiger charge is -2.20. The van der Waals surface area contributed by atoms with Crippen LogP contribution in [0.2, 0.25) is 5.15 Å². The van der Waals surface area contributed by atoms with Crippen molar-refractivity contribution in [2.24, 2.45) is 0 Å². The smallest absolute Gasteiger partial charge is 0.147 e. The van der Waals surface area contributed by atoms with Crippen molar-refractivity contribution in [2.45, 2.75) is 39.5 Å². The van der Waals surface area contributed by atoms with Gasteiger partial charge in [0, 0.05) is 16.5 Å². The van der Waals surface area contributed by atoms with E-state index in [1.807, 2.05) is 12.3 Å². The molecule has 2 rings (SSSR count). The van der Waals surface area contributed by atoms with Crippen LogP contribution in [-0.2, 0) is 11.8 Å². The zero-order valence-corrected chi connectivity index (χ0v) is 14.4. The number of hydrogen-bond donors (Lipinski definition) is 0. The van der Waals surface area contributed by atoms with E-state index in [9.17, 15) is 0 Å². The molecule has 0 aliphatic carbocycles. The maximum absolute atomic E-state index is 6.18. The van der Waals surface area contributed by atoms with Gasteiger partial charge in [-0.05, 0) is 22.9 Å². The van der Waals surface area contributed by atoms with E-state index in [1.165, 1.54) is 0 Å². The summed E-state index contributed by atoms with van der Waals surface area (Å²) in [6.45, 7) is 8.30. The first-order chi connectivity index (χ1) is 8.77. The lowest BCUT2D eigenvalue weighted by Crippen LogP contribution is -2.17. The summed E-state index contributed by atoms with van der Waals surface area (Å²) < 4.78 is 0.778. The lowest BCUT2D eigenvalue weighted by molar-refractivity contribution is 0.559. The third-order valence-corrected chi connectivity index (χ3v) is 4.76. The van der Waals surface area contributed by atoms with Gasteiger partial charge >= 0.3 is 0 Å². The third-order valence-electron chi connectivity index (χ3n) is 2.54. The second-order valence-electron chi connectivity index (χ2n) is 5.40. The molecular weight excluding hydrogens is 346 g/mol. The Bertz CT molecular complexity index is 604. The Labute approximate surface area is 130 Å². The first-order valence-corrected chi connectivity index (χ1v) is 7.96. The summed E-state index contributed by atoms with van der Waals surface area (Å²) in [7, 11) is 0. The third kappa shape index (κ3) is 3.52. The van der Waals surface area contributed by atoms with Crippen molar-refractivity contribution in [1.82, 2.24) is 15.0 Å². The first-order valence-electron chi connectivity index (χ1n) is 5.91. The molecule has 3 nitrogen and oxygen atoms in total. The van der Waals surface area contributed by atoms with Crippen molar-refractivity contribution in [3.05, 3.63) is 37.2 Å². The normalized spacial score (nSPS) is 11.9. The second-order valence-corrected chi connectivity index (χ2v) is 7.50. The van der Waals surface area contributed by atoms with Crippen LogP contribution >= 0.6 is 38.9 Å². The van der Waals surface area contributed by atoms with E-state index < -0.39 is 0 Å². The van der Waals surface area contributed by atoms with Crippen LogP contribution in [0.25, 0.3) is 0 Å². The van der Waals surface area contributed by atoms with E-state index in [4.69, 9.17) is 11.6 Å². The molecule has 0 aliphatic heterocycles. The molecule has 0 N–H and O–H groups in total. The van der Waals surface area contributed by atoms with Gasteiger partial charge in [-0.1, -0.05) is 32.4 Å². The molecule has 0 aromatic carbocycles. The second kappa shape index (κ2) is 5.46. The van der Waals surface area contributed by atoms with Gasteiger partial charge < -0.3 is 0 Å². The topological polar surface area (TPSA) is 38.7 Å². The minimum absolute atomic E-state index is 0.0844. The first kappa shape index (κ1) is 14.9. The van der Waals surface area contributed by atoms with E-state index in [1.54, 1.807) is 11.3 Å². The molecule has 0 amide bonds. The molecule has 0 aliphatic rings. The Morgan fingerprint density at radius 1 is 1.26 bits per heavy atom. The van der Waals surface area contributed by atoms with Crippen molar-refractivity contribution >= 4 is 38.9 Å². The summed E-state index contributed by atoms with van der Waals surface area (Å²) in [6, 6.07) is 0. The molecule has 0 spiro atoms. The molecule has 2 heterocycles. The van der Waals surface area contributed by atoms with Crippen LogP contribution in [0.1, 0.15) is 43.0 Å². The largest absolute Gasteiger partial charge is 0.246 e. The monoisotopic (exact) mass is 359 g/mol. The average molecular weight is 361 g/mol. The summed E-state index contributed by atoms with van der Waals surface area (Å²) in [5.74, 6) is 0.715. The van der Waals surface area contributed by atoms with Gasteiger partial charge in [0.05, 0.1) is 16.6 Å². The fourth-order valence-electron chi connectivity index (χ4n) is 1.66. The summed E-state index contributed by atoms with van der Waals surface area (Å²) in [4.78, 5) is 13.4. The number of aryl methyl sites for hydroxylation is 1. The Kier molecular flexibility index (Phi) is 4.28. The minimum atomic E-state index is -0.0844. The van der Waals surface area contributed by atoms with E-state index >= 15 is 0 Å². The number of hydrogen-bond acceptors (Lipinski definition) is 4. The Morgan fingerprint density at radius 2 is 1.95 bits per heavy atom. The van der Waals surface area contributed by atoms with Gasteiger partial charge in [0.25, 0.3) is 0 Å². The predicted molar refractivity (Wildman–Crippen MR) is 83.1 cm³/mol. The van der Waals surface area contributed by atoms with E-state index in [-0.39, 0.29) is 5.41 Å². The SMILES string of the molecule is Cc1csc(Cc2nc(Cl)c(Br)c(C(C)(C)C)n2)n1. The van der Waals surface area contributed by atoms with Crippen LogP contribution in [0.5, 0.6) is 0 Å². The van der Waals surface area contributed by atoms with Crippen molar-refractivity contribution in [3.8, 4) is 0 Å². The van der Waals surface area contributed by atoms with Gasteiger partial charge in [-0.2, -0.15) is 0 Å². The number of thiazole rings is 1. The Hall–Kier alpha value is -0.520.